The molecule has 0 spiro atoms. The Kier molecular flexibility index (Phi) is 7.24. The van der Waals surface area contributed by atoms with Crippen molar-refractivity contribution in [2.45, 2.75) is 64.7 Å². The maximum Gasteiger partial charge on any atom is 0.213 e. The number of fused-ring (bicyclic) bond motifs is 3. The molecule has 0 radical (unpaired) electrons. The second-order valence-electron chi connectivity index (χ2n) is 7.03. The van der Waals surface area contributed by atoms with Gasteiger partial charge in [-0.3, -0.25) is 4.98 Å². The van der Waals surface area contributed by atoms with Crippen molar-refractivity contribution >= 4 is 21.8 Å². The fourth-order valence-electron chi connectivity index (χ4n) is 3.42. The molecule has 3 aromatic rings. The molecule has 26 heavy (non-hydrogen) atoms. The van der Waals surface area contributed by atoms with Crippen molar-refractivity contribution in [3.63, 3.8) is 0 Å². The predicted octanol–water partition coefficient (Wildman–Crippen LogP) is 6.69. The van der Waals surface area contributed by atoms with Crippen molar-refractivity contribution in [3.8, 4) is 5.88 Å². The molecule has 3 rings (SSSR count). The molecule has 0 N–H and O–H groups in total. The summed E-state index contributed by atoms with van der Waals surface area (Å²) >= 11 is 0. The first-order valence-electron chi connectivity index (χ1n) is 10.2. The number of aromatic nitrogens is 2. The molecule has 138 valence electrons. The molecular formula is C23H30N2O. The molecule has 0 atom stereocenters. The molecule has 0 unspecified atom stereocenters. The fourth-order valence-corrected chi connectivity index (χ4v) is 3.42. The lowest BCUT2D eigenvalue weighted by Crippen LogP contribution is -1.99. The minimum atomic E-state index is 0.723. The Balaban J connectivity index is 1.41. The topological polar surface area (TPSA) is 35.0 Å². The SMILES string of the molecule is CCCCCCCCCCCOc1ccc2c(ccc3ncccc32)n1. The number of hydrogen-bond acceptors (Lipinski definition) is 3. The molecule has 2 heterocycles. The van der Waals surface area contributed by atoms with Gasteiger partial charge in [0, 0.05) is 23.0 Å². The highest BCUT2D eigenvalue weighted by atomic mass is 16.5. The average molecular weight is 351 g/mol. The number of pyridine rings is 2. The number of rotatable bonds is 11. The largest absolute Gasteiger partial charge is 0.478 e. The fraction of sp³-hybridized carbons (Fsp3) is 0.478. The summed E-state index contributed by atoms with van der Waals surface area (Å²) in [7, 11) is 0. The summed E-state index contributed by atoms with van der Waals surface area (Å²) in [6, 6.07) is 12.2. The van der Waals surface area contributed by atoms with Crippen LogP contribution in [0.1, 0.15) is 64.7 Å². The summed E-state index contributed by atoms with van der Waals surface area (Å²) in [4.78, 5) is 9.05. The van der Waals surface area contributed by atoms with E-state index in [4.69, 9.17) is 4.74 Å². The van der Waals surface area contributed by atoms with Crippen molar-refractivity contribution in [1.82, 2.24) is 9.97 Å². The van der Waals surface area contributed by atoms with E-state index in [0.717, 1.165) is 40.7 Å². The lowest BCUT2D eigenvalue weighted by Gasteiger charge is -2.08. The van der Waals surface area contributed by atoms with Crippen LogP contribution in [0.2, 0.25) is 0 Å². The van der Waals surface area contributed by atoms with E-state index in [0.29, 0.717) is 0 Å². The molecule has 0 amide bonds. The van der Waals surface area contributed by atoms with E-state index < -0.39 is 0 Å². The van der Waals surface area contributed by atoms with Gasteiger partial charge in [0.15, 0.2) is 0 Å². The van der Waals surface area contributed by atoms with Crippen LogP contribution in [0.25, 0.3) is 21.8 Å². The quantitative estimate of drug-likeness (QED) is 0.285. The molecule has 0 saturated heterocycles. The summed E-state index contributed by atoms with van der Waals surface area (Å²) in [5.41, 5.74) is 1.97. The third-order valence-electron chi connectivity index (χ3n) is 4.92. The molecule has 0 saturated carbocycles. The highest BCUT2D eigenvalue weighted by Crippen LogP contribution is 2.24. The molecule has 0 aliphatic rings. The van der Waals surface area contributed by atoms with Gasteiger partial charge in [-0.2, -0.15) is 0 Å². The first kappa shape index (κ1) is 18.6. The lowest BCUT2D eigenvalue weighted by molar-refractivity contribution is 0.294. The van der Waals surface area contributed by atoms with Gasteiger partial charge in [-0.15, -0.1) is 0 Å². The van der Waals surface area contributed by atoms with Crippen molar-refractivity contribution in [2.75, 3.05) is 6.61 Å². The van der Waals surface area contributed by atoms with Gasteiger partial charge in [-0.25, -0.2) is 4.98 Å². The summed E-state index contributed by atoms with van der Waals surface area (Å²) < 4.78 is 5.86. The number of ether oxygens (including phenoxy) is 1. The molecule has 0 bridgehead atoms. The van der Waals surface area contributed by atoms with Gasteiger partial charge in [-0.05, 0) is 30.7 Å². The van der Waals surface area contributed by atoms with Crippen molar-refractivity contribution in [1.29, 1.82) is 0 Å². The van der Waals surface area contributed by atoms with Crippen molar-refractivity contribution in [2.24, 2.45) is 0 Å². The number of hydrogen-bond donors (Lipinski definition) is 0. The van der Waals surface area contributed by atoms with Crippen LogP contribution < -0.4 is 4.74 Å². The van der Waals surface area contributed by atoms with Gasteiger partial charge in [0.2, 0.25) is 5.88 Å². The smallest absolute Gasteiger partial charge is 0.213 e. The van der Waals surface area contributed by atoms with Crippen LogP contribution in [0.15, 0.2) is 42.6 Å². The van der Waals surface area contributed by atoms with Gasteiger partial charge < -0.3 is 4.74 Å². The number of nitrogens with zero attached hydrogens (tertiary/aromatic N) is 2. The normalized spacial score (nSPS) is 11.3. The second-order valence-corrected chi connectivity index (χ2v) is 7.03. The molecule has 0 aliphatic heterocycles. The van der Waals surface area contributed by atoms with Gasteiger partial charge in [0.1, 0.15) is 0 Å². The third kappa shape index (κ3) is 5.17. The molecule has 3 heteroatoms. The summed E-state index contributed by atoms with van der Waals surface area (Å²) in [5, 5.41) is 2.27. The van der Waals surface area contributed by atoms with Crippen molar-refractivity contribution < 1.29 is 4.74 Å². The average Bonchev–Trinajstić information content (AvgIpc) is 2.69. The lowest BCUT2D eigenvalue weighted by atomic mass is 10.1. The maximum atomic E-state index is 5.86. The van der Waals surface area contributed by atoms with E-state index in [2.05, 4.69) is 29.0 Å². The van der Waals surface area contributed by atoms with Crippen LogP contribution in [0.4, 0.5) is 0 Å². The van der Waals surface area contributed by atoms with E-state index >= 15 is 0 Å². The monoisotopic (exact) mass is 350 g/mol. The van der Waals surface area contributed by atoms with Crippen LogP contribution in [-0.2, 0) is 0 Å². The minimum Gasteiger partial charge on any atom is -0.478 e. The Labute approximate surface area is 156 Å². The van der Waals surface area contributed by atoms with E-state index in [9.17, 15) is 0 Å². The van der Waals surface area contributed by atoms with Crippen LogP contribution >= 0.6 is 0 Å². The van der Waals surface area contributed by atoms with Crippen molar-refractivity contribution in [3.05, 3.63) is 42.6 Å². The zero-order valence-corrected chi connectivity index (χ0v) is 15.9. The zero-order valence-electron chi connectivity index (χ0n) is 15.9. The first-order valence-corrected chi connectivity index (χ1v) is 10.2. The maximum absolute atomic E-state index is 5.86. The standard InChI is InChI=1S/C23H30N2O/c1-2-3-4-5-6-7-8-9-10-18-26-23-16-13-20-19-12-11-17-24-21(19)14-15-22(20)25-23/h11-17H,2-10,18H2,1H3. The molecule has 0 fully saturated rings. The van der Waals surface area contributed by atoms with Crippen LogP contribution in [0.3, 0.4) is 0 Å². The Hall–Kier alpha value is -2.16. The highest BCUT2D eigenvalue weighted by molar-refractivity contribution is 6.04. The minimum absolute atomic E-state index is 0.723. The van der Waals surface area contributed by atoms with Crippen LogP contribution in [0, 0.1) is 0 Å². The van der Waals surface area contributed by atoms with E-state index in [1.807, 2.05) is 30.5 Å². The van der Waals surface area contributed by atoms with Crippen LogP contribution in [0.5, 0.6) is 5.88 Å². The van der Waals surface area contributed by atoms with E-state index in [-0.39, 0.29) is 0 Å². The summed E-state index contributed by atoms with van der Waals surface area (Å²) in [5.74, 6) is 0.723. The molecular weight excluding hydrogens is 320 g/mol. The Bertz CT molecular complexity index is 816. The third-order valence-corrected chi connectivity index (χ3v) is 4.92. The molecule has 2 aromatic heterocycles. The number of unbranched alkanes of at least 4 members (excludes halogenated alkanes) is 8. The molecule has 1 aromatic carbocycles. The summed E-state index contributed by atoms with van der Waals surface area (Å²) in [6.07, 6.45) is 13.8. The Morgan fingerprint density at radius 2 is 1.42 bits per heavy atom. The highest BCUT2D eigenvalue weighted by Gasteiger charge is 2.04. The second kappa shape index (κ2) is 10.1. The predicted molar refractivity (Wildman–Crippen MR) is 110 cm³/mol. The van der Waals surface area contributed by atoms with Gasteiger partial charge in [0.05, 0.1) is 17.6 Å². The van der Waals surface area contributed by atoms with Gasteiger partial charge in [0.25, 0.3) is 0 Å². The summed E-state index contributed by atoms with van der Waals surface area (Å²) in [6.45, 7) is 3.02. The zero-order chi connectivity index (χ0) is 18.0. The van der Waals surface area contributed by atoms with E-state index in [1.165, 1.54) is 51.4 Å². The molecule has 3 nitrogen and oxygen atoms in total. The Morgan fingerprint density at radius 1 is 0.731 bits per heavy atom. The number of benzene rings is 1. The molecule has 0 aliphatic carbocycles. The van der Waals surface area contributed by atoms with E-state index in [1.54, 1.807) is 0 Å². The first-order chi connectivity index (χ1) is 12.9. The Morgan fingerprint density at radius 3 is 2.23 bits per heavy atom. The van der Waals surface area contributed by atoms with Gasteiger partial charge >= 0.3 is 0 Å². The van der Waals surface area contributed by atoms with Crippen LogP contribution in [-0.4, -0.2) is 16.6 Å². The van der Waals surface area contributed by atoms with Gasteiger partial charge in [-0.1, -0.05) is 64.4 Å².